The van der Waals surface area contributed by atoms with Crippen LogP contribution in [0.3, 0.4) is 0 Å². The van der Waals surface area contributed by atoms with Crippen molar-refractivity contribution < 1.29 is 40.1 Å². The third kappa shape index (κ3) is 6.03. The topological polar surface area (TPSA) is 140 Å². The molecule has 0 bridgehead atoms. The summed E-state index contributed by atoms with van der Waals surface area (Å²) < 4.78 is 10.0. The Bertz CT molecular complexity index is 196. The smallest absolute Gasteiger partial charge is 0.181 e. The summed E-state index contributed by atoms with van der Waals surface area (Å²) in [4.78, 5) is 0. The van der Waals surface area contributed by atoms with E-state index in [4.69, 9.17) is 35.0 Å². The summed E-state index contributed by atoms with van der Waals surface area (Å²) in [5, 5.41) is 54.3. The van der Waals surface area contributed by atoms with Crippen molar-refractivity contribution in [3.63, 3.8) is 0 Å². The summed E-state index contributed by atoms with van der Waals surface area (Å²) >= 11 is 0. The molecule has 8 nitrogen and oxygen atoms in total. The number of aliphatic hydroxyl groups is 6. The van der Waals surface area contributed by atoms with E-state index in [1.165, 1.54) is 6.92 Å². The molecule has 0 aliphatic rings. The minimum absolute atomic E-state index is 0.473. The van der Waals surface area contributed by atoms with Gasteiger partial charge in [0.2, 0.25) is 0 Å². The molecular weight excluding hydrogens is 248 g/mol. The van der Waals surface area contributed by atoms with Crippen molar-refractivity contribution in [3.8, 4) is 0 Å². The van der Waals surface area contributed by atoms with Crippen LogP contribution in [0.2, 0.25) is 0 Å². The molecule has 110 valence electrons. The van der Waals surface area contributed by atoms with Crippen LogP contribution in [0, 0.1) is 0 Å². The highest BCUT2D eigenvalue weighted by atomic mass is 16.7. The summed E-state index contributed by atoms with van der Waals surface area (Å²) in [5.74, 6) is 0. The van der Waals surface area contributed by atoms with E-state index in [9.17, 15) is 5.11 Å². The van der Waals surface area contributed by atoms with Crippen molar-refractivity contribution in [1.29, 1.82) is 0 Å². The van der Waals surface area contributed by atoms with Gasteiger partial charge in [0.25, 0.3) is 0 Å². The third-order valence-electron chi connectivity index (χ3n) is 2.28. The molecule has 0 amide bonds. The number of aliphatic hydroxyl groups excluding tert-OH is 6. The molecule has 0 saturated carbocycles. The first-order valence-corrected chi connectivity index (χ1v) is 5.60. The number of hydrogen-bond acceptors (Lipinski definition) is 8. The first kappa shape index (κ1) is 17.7. The largest absolute Gasteiger partial charge is 0.394 e. The van der Waals surface area contributed by atoms with E-state index in [-0.39, 0.29) is 0 Å². The molecule has 4 atom stereocenters. The molecule has 0 saturated heterocycles. The summed E-state index contributed by atoms with van der Waals surface area (Å²) in [5.41, 5.74) is 0. The Morgan fingerprint density at radius 3 is 1.72 bits per heavy atom. The van der Waals surface area contributed by atoms with Gasteiger partial charge in [0, 0.05) is 0 Å². The van der Waals surface area contributed by atoms with E-state index >= 15 is 0 Å². The first-order valence-electron chi connectivity index (χ1n) is 5.60. The lowest BCUT2D eigenvalue weighted by atomic mass is 10.1. The van der Waals surface area contributed by atoms with Gasteiger partial charge < -0.3 is 40.1 Å². The first-order chi connectivity index (χ1) is 8.49. The Kier molecular flexibility index (Phi) is 9.42. The van der Waals surface area contributed by atoms with E-state index in [2.05, 4.69) is 0 Å². The van der Waals surface area contributed by atoms with Crippen LogP contribution < -0.4 is 0 Å². The Hall–Kier alpha value is -0.320. The number of rotatable bonds is 10. The fourth-order valence-electron chi connectivity index (χ4n) is 1.21. The lowest BCUT2D eigenvalue weighted by Gasteiger charge is -2.29. The SMILES string of the molecule is CC(O)[C@H](O)C(CO)O[C@H](CO)OC(CO)CO. The standard InChI is InChI=1S/C10H22O8/c1-6(15)10(16)8(4-13)18-9(5-14)17-7(2-11)3-12/h6-16H,2-5H2,1H3/t6?,8?,9-,10+/m1/s1. The zero-order valence-electron chi connectivity index (χ0n) is 10.2. The van der Waals surface area contributed by atoms with Crippen molar-refractivity contribution in [2.24, 2.45) is 0 Å². The molecule has 0 radical (unpaired) electrons. The van der Waals surface area contributed by atoms with Gasteiger partial charge in [-0.3, -0.25) is 0 Å². The van der Waals surface area contributed by atoms with E-state index in [0.717, 1.165) is 0 Å². The molecule has 0 aliphatic heterocycles. The van der Waals surface area contributed by atoms with Gasteiger partial charge in [0.1, 0.15) is 18.3 Å². The Labute approximate surface area is 105 Å². The highest BCUT2D eigenvalue weighted by Gasteiger charge is 2.28. The van der Waals surface area contributed by atoms with E-state index in [0.29, 0.717) is 0 Å². The molecule has 2 unspecified atom stereocenters. The second-order valence-electron chi connectivity index (χ2n) is 3.82. The van der Waals surface area contributed by atoms with Crippen LogP contribution in [0.15, 0.2) is 0 Å². The molecule has 0 aliphatic carbocycles. The van der Waals surface area contributed by atoms with Crippen LogP contribution in [0.25, 0.3) is 0 Å². The number of ether oxygens (including phenoxy) is 2. The minimum Gasteiger partial charge on any atom is -0.394 e. The zero-order chi connectivity index (χ0) is 14.1. The van der Waals surface area contributed by atoms with Crippen LogP contribution >= 0.6 is 0 Å². The molecular formula is C10H22O8. The fraction of sp³-hybridized carbons (Fsp3) is 1.00. The van der Waals surface area contributed by atoms with Gasteiger partial charge in [-0.25, -0.2) is 0 Å². The molecule has 0 heterocycles. The Morgan fingerprint density at radius 2 is 1.39 bits per heavy atom. The second-order valence-corrected chi connectivity index (χ2v) is 3.82. The van der Waals surface area contributed by atoms with Gasteiger partial charge in [0.05, 0.1) is 32.5 Å². The summed E-state index contributed by atoms with van der Waals surface area (Å²) in [6.45, 7) is -0.817. The van der Waals surface area contributed by atoms with E-state index in [1.54, 1.807) is 0 Å². The number of hydrogen-bond donors (Lipinski definition) is 6. The monoisotopic (exact) mass is 270 g/mol. The van der Waals surface area contributed by atoms with Gasteiger partial charge in [-0.2, -0.15) is 0 Å². The van der Waals surface area contributed by atoms with Gasteiger partial charge in [-0.05, 0) is 6.92 Å². The van der Waals surface area contributed by atoms with Crippen LogP contribution in [0.4, 0.5) is 0 Å². The van der Waals surface area contributed by atoms with Crippen molar-refractivity contribution >= 4 is 0 Å². The maximum absolute atomic E-state index is 9.51. The van der Waals surface area contributed by atoms with Gasteiger partial charge in [-0.15, -0.1) is 0 Å². The second kappa shape index (κ2) is 9.59. The molecule has 0 spiro atoms. The Balaban J connectivity index is 4.39. The average Bonchev–Trinajstić information content (AvgIpc) is 2.38. The molecule has 0 rings (SSSR count). The maximum atomic E-state index is 9.51. The highest BCUT2D eigenvalue weighted by molar-refractivity contribution is 4.73. The van der Waals surface area contributed by atoms with Gasteiger partial charge in [-0.1, -0.05) is 0 Å². The maximum Gasteiger partial charge on any atom is 0.181 e. The minimum atomic E-state index is -1.35. The fourth-order valence-corrected chi connectivity index (χ4v) is 1.21. The van der Waals surface area contributed by atoms with Crippen LogP contribution in [0.1, 0.15) is 6.92 Å². The van der Waals surface area contributed by atoms with Crippen molar-refractivity contribution in [2.75, 3.05) is 26.4 Å². The summed E-state index contributed by atoms with van der Waals surface area (Å²) in [6.07, 6.45) is -5.81. The lowest BCUT2D eigenvalue weighted by molar-refractivity contribution is -0.245. The molecule has 6 N–H and O–H groups in total. The van der Waals surface area contributed by atoms with Gasteiger partial charge >= 0.3 is 0 Å². The third-order valence-corrected chi connectivity index (χ3v) is 2.28. The molecule has 18 heavy (non-hydrogen) atoms. The van der Waals surface area contributed by atoms with Gasteiger partial charge in [0.15, 0.2) is 6.29 Å². The predicted molar refractivity (Wildman–Crippen MR) is 59.6 cm³/mol. The van der Waals surface area contributed by atoms with E-state index in [1.807, 2.05) is 0 Å². The van der Waals surface area contributed by atoms with Crippen molar-refractivity contribution in [2.45, 2.75) is 37.6 Å². The van der Waals surface area contributed by atoms with Crippen molar-refractivity contribution in [3.05, 3.63) is 0 Å². The average molecular weight is 270 g/mol. The zero-order valence-corrected chi connectivity index (χ0v) is 10.2. The Morgan fingerprint density at radius 1 is 0.833 bits per heavy atom. The van der Waals surface area contributed by atoms with Crippen LogP contribution in [0.5, 0.6) is 0 Å². The van der Waals surface area contributed by atoms with Crippen LogP contribution in [-0.4, -0.2) is 87.8 Å². The van der Waals surface area contributed by atoms with E-state index < -0.39 is 57.1 Å². The van der Waals surface area contributed by atoms with Crippen LogP contribution in [-0.2, 0) is 9.47 Å². The lowest BCUT2D eigenvalue weighted by Crippen LogP contribution is -2.44. The predicted octanol–water partition coefficient (Wildman–Crippen LogP) is -3.21. The normalized spacial score (nSPS) is 18.7. The highest BCUT2D eigenvalue weighted by Crippen LogP contribution is 2.09. The quantitative estimate of drug-likeness (QED) is 0.228. The molecule has 0 aromatic heterocycles. The summed E-state index contributed by atoms with van der Waals surface area (Å²) in [7, 11) is 0. The molecule has 0 aromatic rings. The molecule has 0 fully saturated rings. The van der Waals surface area contributed by atoms with Crippen molar-refractivity contribution in [1.82, 2.24) is 0 Å². The molecule has 8 heteroatoms. The summed E-state index contributed by atoms with van der Waals surface area (Å²) in [6, 6.07) is 0. The molecule has 0 aromatic carbocycles.